The van der Waals surface area contributed by atoms with Gasteiger partial charge in [-0.05, 0) is 36.5 Å². The molecular weight excluding hydrogens is 255 g/mol. The van der Waals surface area contributed by atoms with Crippen LogP contribution in [0.15, 0.2) is 18.2 Å². The minimum absolute atomic E-state index is 0.224. The lowest BCUT2D eigenvalue weighted by atomic mass is 9.90. The standard InChI is InChI=1S/C14H16Cl2O/c1-9-3-2-4-12(9)14(17)7-10-5-6-11(15)8-13(10)16/h5-6,8-9,12H,2-4,7H2,1H3. The van der Waals surface area contributed by atoms with Gasteiger partial charge in [0.1, 0.15) is 5.78 Å². The van der Waals surface area contributed by atoms with E-state index < -0.39 is 0 Å². The molecule has 1 aromatic rings. The molecule has 0 N–H and O–H groups in total. The van der Waals surface area contributed by atoms with Crippen molar-refractivity contribution in [3.8, 4) is 0 Å². The second kappa shape index (κ2) is 5.41. The average Bonchev–Trinajstić information content (AvgIpc) is 2.68. The third-order valence-electron chi connectivity index (χ3n) is 3.65. The van der Waals surface area contributed by atoms with Crippen molar-refractivity contribution >= 4 is 29.0 Å². The number of Topliss-reactive ketones (excluding diaryl/α,β-unsaturated/α-hetero) is 1. The normalized spacial score (nSPS) is 23.9. The van der Waals surface area contributed by atoms with Crippen LogP contribution in [0, 0.1) is 11.8 Å². The van der Waals surface area contributed by atoms with E-state index in [1.165, 1.54) is 12.8 Å². The van der Waals surface area contributed by atoms with Crippen molar-refractivity contribution < 1.29 is 4.79 Å². The molecule has 0 aromatic heterocycles. The molecule has 3 heteroatoms. The highest BCUT2D eigenvalue weighted by molar-refractivity contribution is 6.35. The SMILES string of the molecule is CC1CCCC1C(=O)Cc1ccc(Cl)cc1Cl. The van der Waals surface area contributed by atoms with Gasteiger partial charge in [-0.2, -0.15) is 0 Å². The van der Waals surface area contributed by atoms with E-state index in [0.29, 0.717) is 28.2 Å². The zero-order chi connectivity index (χ0) is 12.4. The molecule has 1 nitrogen and oxygen atoms in total. The molecule has 1 aliphatic rings. The Morgan fingerprint density at radius 3 is 2.71 bits per heavy atom. The Morgan fingerprint density at radius 2 is 2.12 bits per heavy atom. The lowest BCUT2D eigenvalue weighted by Crippen LogP contribution is -2.19. The lowest BCUT2D eigenvalue weighted by Gasteiger charge is -2.14. The summed E-state index contributed by atoms with van der Waals surface area (Å²) >= 11 is 11.9. The van der Waals surface area contributed by atoms with E-state index in [4.69, 9.17) is 23.2 Å². The topological polar surface area (TPSA) is 17.1 Å². The van der Waals surface area contributed by atoms with Crippen molar-refractivity contribution in [3.63, 3.8) is 0 Å². The van der Waals surface area contributed by atoms with Crippen molar-refractivity contribution in [3.05, 3.63) is 33.8 Å². The summed E-state index contributed by atoms with van der Waals surface area (Å²) in [5.74, 6) is 1.06. The van der Waals surface area contributed by atoms with Gasteiger partial charge in [-0.1, -0.05) is 42.6 Å². The van der Waals surface area contributed by atoms with E-state index in [9.17, 15) is 4.79 Å². The van der Waals surface area contributed by atoms with Gasteiger partial charge in [-0.15, -0.1) is 0 Å². The summed E-state index contributed by atoms with van der Waals surface area (Å²) in [7, 11) is 0. The van der Waals surface area contributed by atoms with Crippen LogP contribution in [0.1, 0.15) is 31.7 Å². The highest BCUT2D eigenvalue weighted by atomic mass is 35.5. The Bertz CT molecular complexity index is 428. The molecule has 17 heavy (non-hydrogen) atoms. The zero-order valence-corrected chi connectivity index (χ0v) is 11.4. The maximum absolute atomic E-state index is 12.2. The number of rotatable bonds is 3. The maximum atomic E-state index is 12.2. The second-order valence-electron chi connectivity index (χ2n) is 4.89. The number of hydrogen-bond acceptors (Lipinski definition) is 1. The Balaban J connectivity index is 2.07. The summed E-state index contributed by atoms with van der Waals surface area (Å²) < 4.78 is 0. The zero-order valence-electron chi connectivity index (χ0n) is 9.88. The first kappa shape index (κ1) is 12.9. The monoisotopic (exact) mass is 270 g/mol. The molecule has 1 aliphatic carbocycles. The van der Waals surface area contributed by atoms with E-state index in [-0.39, 0.29) is 5.92 Å². The number of carbonyl (C=O) groups excluding carboxylic acids is 1. The number of carbonyl (C=O) groups is 1. The maximum Gasteiger partial charge on any atom is 0.140 e. The molecule has 2 rings (SSSR count). The lowest BCUT2D eigenvalue weighted by molar-refractivity contribution is -0.123. The predicted molar refractivity (Wildman–Crippen MR) is 71.7 cm³/mol. The van der Waals surface area contributed by atoms with E-state index >= 15 is 0 Å². The van der Waals surface area contributed by atoms with Crippen LogP contribution in [0.3, 0.4) is 0 Å². The van der Waals surface area contributed by atoms with Gasteiger partial charge in [0.2, 0.25) is 0 Å². The summed E-state index contributed by atoms with van der Waals surface area (Å²) in [4.78, 5) is 12.2. The van der Waals surface area contributed by atoms with Crippen molar-refractivity contribution in [1.82, 2.24) is 0 Å². The van der Waals surface area contributed by atoms with Crippen molar-refractivity contribution in [2.24, 2.45) is 11.8 Å². The molecule has 0 heterocycles. The van der Waals surface area contributed by atoms with Crippen molar-refractivity contribution in [2.75, 3.05) is 0 Å². The van der Waals surface area contributed by atoms with E-state index in [2.05, 4.69) is 6.92 Å². The van der Waals surface area contributed by atoms with Crippen LogP contribution in [0.2, 0.25) is 10.0 Å². The van der Waals surface area contributed by atoms with Crippen LogP contribution in [0.4, 0.5) is 0 Å². The molecule has 1 fully saturated rings. The third kappa shape index (κ3) is 3.02. The summed E-state index contributed by atoms with van der Waals surface area (Å²) in [6.07, 6.45) is 3.81. The summed E-state index contributed by atoms with van der Waals surface area (Å²) in [5, 5.41) is 1.21. The van der Waals surface area contributed by atoms with Crippen LogP contribution >= 0.6 is 23.2 Å². The molecule has 2 atom stereocenters. The first-order valence-electron chi connectivity index (χ1n) is 6.04. The number of halogens is 2. The van der Waals surface area contributed by atoms with Gasteiger partial charge < -0.3 is 0 Å². The largest absolute Gasteiger partial charge is 0.299 e. The predicted octanol–water partition coefficient (Wildman–Crippen LogP) is 4.54. The fraction of sp³-hybridized carbons (Fsp3) is 0.500. The van der Waals surface area contributed by atoms with E-state index in [1.54, 1.807) is 12.1 Å². The molecule has 0 spiro atoms. The molecule has 0 amide bonds. The quantitative estimate of drug-likeness (QED) is 0.788. The Labute approximate surface area is 112 Å². The number of benzene rings is 1. The molecule has 1 saturated carbocycles. The fourth-order valence-corrected chi connectivity index (χ4v) is 3.08. The summed E-state index contributed by atoms with van der Waals surface area (Å²) in [6.45, 7) is 2.17. The smallest absolute Gasteiger partial charge is 0.140 e. The van der Waals surface area contributed by atoms with Gasteiger partial charge >= 0.3 is 0 Å². The van der Waals surface area contributed by atoms with Gasteiger partial charge in [0.15, 0.2) is 0 Å². The third-order valence-corrected chi connectivity index (χ3v) is 4.24. The molecule has 92 valence electrons. The fourth-order valence-electron chi connectivity index (χ4n) is 2.61. The first-order chi connectivity index (χ1) is 8.08. The van der Waals surface area contributed by atoms with Crippen molar-refractivity contribution in [2.45, 2.75) is 32.6 Å². The van der Waals surface area contributed by atoms with E-state index in [0.717, 1.165) is 12.0 Å². The number of ketones is 1. The Morgan fingerprint density at radius 1 is 1.35 bits per heavy atom. The van der Waals surface area contributed by atoms with Crippen LogP contribution in [0.25, 0.3) is 0 Å². The van der Waals surface area contributed by atoms with Crippen molar-refractivity contribution in [1.29, 1.82) is 0 Å². The van der Waals surface area contributed by atoms with Crippen LogP contribution in [-0.2, 0) is 11.2 Å². The first-order valence-corrected chi connectivity index (χ1v) is 6.80. The summed E-state index contributed by atoms with van der Waals surface area (Å²) in [5.41, 5.74) is 0.889. The highest BCUT2D eigenvalue weighted by Crippen LogP contribution is 2.33. The Kier molecular flexibility index (Phi) is 4.11. The molecule has 0 saturated heterocycles. The van der Waals surface area contributed by atoms with Gasteiger partial charge in [0.05, 0.1) is 0 Å². The molecule has 0 radical (unpaired) electrons. The highest BCUT2D eigenvalue weighted by Gasteiger charge is 2.29. The minimum atomic E-state index is 0.224. The summed E-state index contributed by atoms with van der Waals surface area (Å²) in [6, 6.07) is 5.33. The molecule has 0 bridgehead atoms. The van der Waals surface area contributed by atoms with Crippen LogP contribution in [0.5, 0.6) is 0 Å². The molecular formula is C14H16Cl2O. The molecule has 1 aromatic carbocycles. The van der Waals surface area contributed by atoms with Gasteiger partial charge in [-0.3, -0.25) is 4.79 Å². The molecule has 2 unspecified atom stereocenters. The van der Waals surface area contributed by atoms with Crippen LogP contribution in [-0.4, -0.2) is 5.78 Å². The van der Waals surface area contributed by atoms with Gasteiger partial charge in [0.25, 0.3) is 0 Å². The second-order valence-corrected chi connectivity index (χ2v) is 5.74. The minimum Gasteiger partial charge on any atom is -0.299 e. The van der Waals surface area contributed by atoms with Gasteiger partial charge in [-0.25, -0.2) is 0 Å². The van der Waals surface area contributed by atoms with E-state index in [1.807, 2.05) is 6.07 Å². The average molecular weight is 271 g/mol. The Hall–Kier alpha value is -0.530. The van der Waals surface area contributed by atoms with Gasteiger partial charge in [0, 0.05) is 22.4 Å². The molecule has 0 aliphatic heterocycles. The number of hydrogen-bond donors (Lipinski definition) is 0. The van der Waals surface area contributed by atoms with Crippen LogP contribution < -0.4 is 0 Å².